The minimum Gasteiger partial charge on any atom is -0.495 e. The Bertz CT molecular complexity index is 854. The fourth-order valence-electron chi connectivity index (χ4n) is 2.69. The van der Waals surface area contributed by atoms with Crippen LogP contribution in [0.15, 0.2) is 36.4 Å². The molecule has 1 atom stereocenters. The monoisotopic (exact) mass is 378 g/mol. The molecule has 2 aromatic rings. The molecule has 5 nitrogen and oxygen atoms in total. The molecular formula is C18H16Cl2N2O3. The first kappa shape index (κ1) is 17.6. The van der Waals surface area contributed by atoms with Gasteiger partial charge in [0.15, 0.2) is 0 Å². The maximum atomic E-state index is 12.7. The van der Waals surface area contributed by atoms with E-state index in [-0.39, 0.29) is 18.2 Å². The van der Waals surface area contributed by atoms with Crippen molar-refractivity contribution in [2.75, 3.05) is 17.3 Å². The number of imide groups is 1. The molecule has 7 heteroatoms. The van der Waals surface area contributed by atoms with Crippen molar-refractivity contribution in [2.45, 2.75) is 19.4 Å². The summed E-state index contributed by atoms with van der Waals surface area (Å²) in [5, 5.41) is 3.99. The van der Waals surface area contributed by atoms with Crippen molar-refractivity contribution in [3.05, 3.63) is 52.0 Å². The lowest BCUT2D eigenvalue weighted by Crippen LogP contribution is -2.34. The molecule has 25 heavy (non-hydrogen) atoms. The summed E-state index contributed by atoms with van der Waals surface area (Å²) >= 11 is 12.2. The van der Waals surface area contributed by atoms with E-state index in [2.05, 4.69) is 5.32 Å². The molecule has 0 aromatic heterocycles. The third kappa shape index (κ3) is 3.43. The Hall–Kier alpha value is -2.24. The fraction of sp³-hybridized carbons (Fsp3) is 0.222. The molecule has 130 valence electrons. The highest BCUT2D eigenvalue weighted by molar-refractivity contribution is 6.32. The second kappa shape index (κ2) is 6.94. The van der Waals surface area contributed by atoms with Crippen LogP contribution in [-0.2, 0) is 9.59 Å². The van der Waals surface area contributed by atoms with Gasteiger partial charge >= 0.3 is 0 Å². The van der Waals surface area contributed by atoms with Crippen LogP contribution in [0.1, 0.15) is 12.0 Å². The summed E-state index contributed by atoms with van der Waals surface area (Å²) in [5.41, 5.74) is 2.00. The Balaban J connectivity index is 1.81. The van der Waals surface area contributed by atoms with Crippen molar-refractivity contribution in [3.63, 3.8) is 0 Å². The Labute approximate surface area is 155 Å². The van der Waals surface area contributed by atoms with E-state index in [0.717, 1.165) is 10.5 Å². The number of nitrogens with one attached hydrogen (secondary N) is 1. The average Bonchev–Trinajstić information content (AvgIpc) is 2.84. The number of carbonyl (C=O) groups is 2. The smallest absolute Gasteiger partial charge is 0.256 e. The highest BCUT2D eigenvalue weighted by atomic mass is 35.5. The molecule has 0 radical (unpaired) electrons. The number of ether oxygens (including phenoxy) is 1. The summed E-state index contributed by atoms with van der Waals surface area (Å²) in [5.74, 6) is -0.0594. The summed E-state index contributed by atoms with van der Waals surface area (Å²) < 4.78 is 5.10. The van der Waals surface area contributed by atoms with Crippen LogP contribution in [0.25, 0.3) is 0 Å². The zero-order chi connectivity index (χ0) is 18.1. The van der Waals surface area contributed by atoms with Gasteiger partial charge in [0.2, 0.25) is 5.91 Å². The van der Waals surface area contributed by atoms with Gasteiger partial charge in [0.1, 0.15) is 11.8 Å². The lowest BCUT2D eigenvalue weighted by Gasteiger charge is -2.17. The second-order valence-corrected chi connectivity index (χ2v) is 6.57. The maximum absolute atomic E-state index is 12.7. The number of carbonyl (C=O) groups excluding carboxylic acids is 2. The average molecular weight is 379 g/mol. The van der Waals surface area contributed by atoms with Crippen molar-refractivity contribution in [1.82, 2.24) is 0 Å². The highest BCUT2D eigenvalue weighted by Crippen LogP contribution is 2.31. The summed E-state index contributed by atoms with van der Waals surface area (Å²) in [4.78, 5) is 26.2. The molecule has 0 aliphatic carbocycles. The molecular weight excluding hydrogens is 363 g/mol. The van der Waals surface area contributed by atoms with Gasteiger partial charge in [-0.15, -0.1) is 0 Å². The van der Waals surface area contributed by atoms with Crippen molar-refractivity contribution in [3.8, 4) is 5.75 Å². The molecule has 3 rings (SSSR count). The van der Waals surface area contributed by atoms with Gasteiger partial charge in [-0.05, 0) is 42.8 Å². The molecule has 2 amide bonds. The molecule has 1 saturated heterocycles. The van der Waals surface area contributed by atoms with Gasteiger partial charge in [-0.25, -0.2) is 4.90 Å². The Morgan fingerprint density at radius 3 is 2.52 bits per heavy atom. The topological polar surface area (TPSA) is 58.6 Å². The van der Waals surface area contributed by atoms with E-state index in [1.807, 2.05) is 6.92 Å². The molecule has 1 aliphatic rings. The van der Waals surface area contributed by atoms with Crippen LogP contribution < -0.4 is 15.0 Å². The molecule has 1 N–H and O–H groups in total. The van der Waals surface area contributed by atoms with Crippen LogP contribution in [0.5, 0.6) is 5.75 Å². The number of aryl methyl sites for hydroxylation is 1. The normalized spacial score (nSPS) is 17.1. The van der Waals surface area contributed by atoms with Gasteiger partial charge in [0.25, 0.3) is 5.91 Å². The number of nitrogens with zero attached hydrogens (tertiary/aromatic N) is 1. The number of benzene rings is 2. The molecule has 2 aromatic carbocycles. The molecule has 0 saturated carbocycles. The summed E-state index contributed by atoms with van der Waals surface area (Å²) in [6.07, 6.45) is 0.0635. The highest BCUT2D eigenvalue weighted by Gasteiger charge is 2.39. The maximum Gasteiger partial charge on any atom is 0.256 e. The van der Waals surface area contributed by atoms with Gasteiger partial charge in [0, 0.05) is 10.7 Å². The van der Waals surface area contributed by atoms with Crippen LogP contribution in [-0.4, -0.2) is 25.0 Å². The number of methoxy groups -OCH3 is 1. The van der Waals surface area contributed by atoms with E-state index in [4.69, 9.17) is 27.9 Å². The van der Waals surface area contributed by atoms with Gasteiger partial charge in [-0.2, -0.15) is 0 Å². The number of amides is 2. The Morgan fingerprint density at radius 2 is 1.88 bits per heavy atom. The van der Waals surface area contributed by atoms with E-state index in [0.29, 0.717) is 27.2 Å². The number of rotatable bonds is 4. The summed E-state index contributed by atoms with van der Waals surface area (Å²) in [6, 6.07) is 9.56. The SMILES string of the molecule is COc1ccc(N[C@H]2CC(=O)N(c3ccc(C)c(Cl)c3)C2=O)cc1Cl. The number of hydrogen-bond acceptors (Lipinski definition) is 4. The van der Waals surface area contributed by atoms with E-state index in [9.17, 15) is 9.59 Å². The minimum absolute atomic E-state index is 0.0635. The first-order valence-electron chi connectivity index (χ1n) is 7.63. The van der Waals surface area contributed by atoms with E-state index in [1.165, 1.54) is 7.11 Å². The van der Waals surface area contributed by atoms with Crippen molar-refractivity contribution >= 4 is 46.4 Å². The molecule has 1 fully saturated rings. The fourth-order valence-corrected chi connectivity index (χ4v) is 3.13. The quantitative estimate of drug-likeness (QED) is 0.815. The predicted molar refractivity (Wildman–Crippen MR) is 98.7 cm³/mol. The van der Waals surface area contributed by atoms with Gasteiger partial charge in [-0.1, -0.05) is 29.3 Å². The number of hydrogen-bond donors (Lipinski definition) is 1. The zero-order valence-electron chi connectivity index (χ0n) is 13.7. The van der Waals surface area contributed by atoms with Crippen LogP contribution >= 0.6 is 23.2 Å². The first-order valence-corrected chi connectivity index (χ1v) is 8.39. The van der Waals surface area contributed by atoms with Gasteiger partial charge in [0.05, 0.1) is 24.2 Å². The summed E-state index contributed by atoms with van der Waals surface area (Å²) in [7, 11) is 1.53. The second-order valence-electron chi connectivity index (χ2n) is 5.75. The molecule has 0 unspecified atom stereocenters. The third-order valence-electron chi connectivity index (χ3n) is 4.05. The lowest BCUT2D eigenvalue weighted by atomic mass is 10.2. The van der Waals surface area contributed by atoms with E-state index < -0.39 is 6.04 Å². The number of halogens is 2. The van der Waals surface area contributed by atoms with Crippen molar-refractivity contribution < 1.29 is 14.3 Å². The Kier molecular flexibility index (Phi) is 4.88. The van der Waals surface area contributed by atoms with Crippen LogP contribution in [0.3, 0.4) is 0 Å². The molecule has 1 aliphatic heterocycles. The molecule has 1 heterocycles. The first-order chi connectivity index (χ1) is 11.9. The number of anilines is 2. The summed E-state index contributed by atoms with van der Waals surface area (Å²) in [6.45, 7) is 1.86. The van der Waals surface area contributed by atoms with Crippen molar-refractivity contribution in [1.29, 1.82) is 0 Å². The third-order valence-corrected chi connectivity index (χ3v) is 4.76. The Morgan fingerprint density at radius 1 is 1.12 bits per heavy atom. The van der Waals surface area contributed by atoms with Crippen LogP contribution in [0.2, 0.25) is 10.0 Å². The largest absolute Gasteiger partial charge is 0.495 e. The van der Waals surface area contributed by atoms with Crippen LogP contribution in [0.4, 0.5) is 11.4 Å². The standard InChI is InChI=1S/C18H16Cl2N2O3/c1-10-3-5-12(8-13(10)19)22-17(23)9-15(18(22)24)21-11-4-6-16(25-2)14(20)7-11/h3-8,15,21H,9H2,1-2H3/t15-/m0/s1. The molecule has 0 spiro atoms. The van der Waals surface area contributed by atoms with Gasteiger partial charge in [-0.3, -0.25) is 9.59 Å². The molecule has 0 bridgehead atoms. The lowest BCUT2D eigenvalue weighted by molar-refractivity contribution is -0.121. The minimum atomic E-state index is -0.656. The van der Waals surface area contributed by atoms with Gasteiger partial charge < -0.3 is 10.1 Å². The van der Waals surface area contributed by atoms with E-state index >= 15 is 0 Å². The van der Waals surface area contributed by atoms with E-state index in [1.54, 1.807) is 36.4 Å². The van der Waals surface area contributed by atoms with Crippen molar-refractivity contribution in [2.24, 2.45) is 0 Å². The zero-order valence-corrected chi connectivity index (χ0v) is 15.2. The predicted octanol–water partition coefficient (Wildman–Crippen LogP) is 4.05. The van der Waals surface area contributed by atoms with Crippen LogP contribution in [0, 0.1) is 6.92 Å².